The molecule has 5 rings (SSSR count). The summed E-state index contributed by atoms with van der Waals surface area (Å²) in [6.07, 6.45) is -0.655. The second kappa shape index (κ2) is 7.92. The number of ether oxygens (including phenoxy) is 1. The molecule has 0 N–H and O–H groups in total. The minimum Gasteiger partial charge on any atom is -0.403 e. The van der Waals surface area contributed by atoms with Gasteiger partial charge in [-0.05, 0) is 27.5 Å². The number of nitrogens with zero attached hydrogens (tertiary/aromatic N) is 1. The molecule has 0 bridgehead atoms. The van der Waals surface area contributed by atoms with Crippen LogP contribution in [0.15, 0.2) is 109 Å². The van der Waals surface area contributed by atoms with Gasteiger partial charge in [0.05, 0.1) is 6.54 Å². The molecule has 4 aromatic carbocycles. The highest BCUT2D eigenvalue weighted by Gasteiger charge is 2.39. The van der Waals surface area contributed by atoms with Gasteiger partial charge in [-0.25, -0.2) is 9.69 Å². The van der Waals surface area contributed by atoms with Crippen molar-refractivity contribution in [2.45, 2.75) is 6.54 Å². The molecule has 0 saturated carbocycles. The van der Waals surface area contributed by atoms with Crippen molar-refractivity contribution >= 4 is 28.3 Å². The molecule has 0 aliphatic carbocycles. The lowest BCUT2D eigenvalue weighted by Crippen LogP contribution is -2.28. The highest BCUT2D eigenvalue weighted by Crippen LogP contribution is 2.36. The van der Waals surface area contributed by atoms with Crippen molar-refractivity contribution in [2.75, 3.05) is 0 Å². The molecule has 1 saturated heterocycles. The van der Waals surface area contributed by atoms with Crippen molar-refractivity contribution in [3.8, 4) is 0 Å². The van der Waals surface area contributed by atoms with E-state index in [1.807, 2.05) is 103 Å². The van der Waals surface area contributed by atoms with Crippen LogP contribution in [0.4, 0.5) is 4.79 Å². The Hall–Kier alpha value is -4.18. The summed E-state index contributed by atoms with van der Waals surface area (Å²) in [6, 6.07) is 32.9. The van der Waals surface area contributed by atoms with E-state index in [4.69, 9.17) is 4.74 Å². The predicted molar refractivity (Wildman–Crippen MR) is 120 cm³/mol. The van der Waals surface area contributed by atoms with Crippen molar-refractivity contribution in [2.24, 2.45) is 0 Å². The van der Waals surface area contributed by atoms with Crippen molar-refractivity contribution in [1.29, 1.82) is 0 Å². The standard InChI is InChI=1S/C27H19NO3/c29-26-25(31-27(30)28(26)18-19-10-3-1-4-11-19)24(21-13-5-2-6-14-21)23-17-9-15-20-12-7-8-16-22(20)23/h1-17H,18H2/b25-24+. The fourth-order valence-electron chi connectivity index (χ4n) is 3.91. The Morgan fingerprint density at radius 3 is 2.13 bits per heavy atom. The molecule has 4 aromatic rings. The van der Waals surface area contributed by atoms with E-state index in [1.165, 1.54) is 0 Å². The van der Waals surface area contributed by atoms with E-state index < -0.39 is 12.0 Å². The van der Waals surface area contributed by atoms with Gasteiger partial charge in [0.25, 0.3) is 5.91 Å². The number of carbonyl (C=O) groups excluding carboxylic acids is 2. The third-order valence-electron chi connectivity index (χ3n) is 5.38. The summed E-state index contributed by atoms with van der Waals surface area (Å²) < 4.78 is 5.60. The largest absolute Gasteiger partial charge is 0.422 e. The Bertz CT molecular complexity index is 1300. The van der Waals surface area contributed by atoms with E-state index in [1.54, 1.807) is 0 Å². The molecule has 0 atom stereocenters. The first-order valence-electron chi connectivity index (χ1n) is 10.1. The summed E-state index contributed by atoms with van der Waals surface area (Å²) in [5.74, 6) is -0.371. The number of hydrogen-bond acceptors (Lipinski definition) is 3. The normalized spacial score (nSPS) is 15.3. The Kier molecular flexibility index (Phi) is 4.81. The maximum Gasteiger partial charge on any atom is 0.422 e. The maximum atomic E-state index is 13.4. The van der Waals surface area contributed by atoms with Crippen molar-refractivity contribution in [3.63, 3.8) is 0 Å². The summed E-state index contributed by atoms with van der Waals surface area (Å²) in [5.41, 5.74) is 3.14. The predicted octanol–water partition coefficient (Wildman–Crippen LogP) is 5.78. The second-order valence-corrected chi connectivity index (χ2v) is 7.34. The third kappa shape index (κ3) is 3.49. The lowest BCUT2D eigenvalue weighted by molar-refractivity contribution is -0.123. The van der Waals surface area contributed by atoms with Crippen molar-refractivity contribution < 1.29 is 14.3 Å². The maximum absolute atomic E-state index is 13.4. The van der Waals surface area contributed by atoms with Crippen LogP contribution in [0.2, 0.25) is 0 Å². The topological polar surface area (TPSA) is 46.6 Å². The molecule has 0 radical (unpaired) electrons. The zero-order chi connectivity index (χ0) is 21.2. The van der Waals surface area contributed by atoms with Crippen LogP contribution in [-0.4, -0.2) is 16.9 Å². The minimum absolute atomic E-state index is 0.0588. The first-order valence-corrected chi connectivity index (χ1v) is 10.1. The van der Waals surface area contributed by atoms with Crippen LogP contribution in [0.1, 0.15) is 16.7 Å². The first kappa shape index (κ1) is 18.8. The summed E-state index contributed by atoms with van der Waals surface area (Å²) in [4.78, 5) is 27.2. The van der Waals surface area contributed by atoms with Gasteiger partial charge >= 0.3 is 6.09 Å². The Morgan fingerprint density at radius 2 is 1.35 bits per heavy atom. The van der Waals surface area contributed by atoms with Crippen LogP contribution in [0, 0.1) is 0 Å². The van der Waals surface area contributed by atoms with E-state index in [9.17, 15) is 9.59 Å². The molecule has 31 heavy (non-hydrogen) atoms. The molecule has 4 heteroatoms. The Morgan fingerprint density at radius 1 is 0.710 bits per heavy atom. The lowest BCUT2D eigenvalue weighted by atomic mass is 9.92. The number of imide groups is 1. The Balaban J connectivity index is 1.68. The minimum atomic E-state index is -0.655. The molecular formula is C27H19NO3. The fraction of sp³-hybridized carbons (Fsp3) is 0.0370. The molecule has 1 aliphatic rings. The number of hydrogen-bond donors (Lipinski definition) is 0. The van der Waals surface area contributed by atoms with E-state index in [2.05, 4.69) is 0 Å². The SMILES string of the molecule is O=C1O/C(=C(\c2ccccc2)c2cccc3ccccc23)C(=O)N1Cc1ccccc1. The van der Waals surface area contributed by atoms with Gasteiger partial charge in [0, 0.05) is 5.57 Å². The first-order chi connectivity index (χ1) is 15.2. The average molecular weight is 405 g/mol. The highest BCUT2D eigenvalue weighted by atomic mass is 16.6. The molecule has 2 amide bonds. The number of carbonyl (C=O) groups is 2. The molecule has 0 aromatic heterocycles. The molecule has 1 heterocycles. The van der Waals surface area contributed by atoms with Crippen molar-refractivity contribution in [3.05, 3.63) is 126 Å². The zero-order valence-corrected chi connectivity index (χ0v) is 16.7. The number of fused-ring (bicyclic) bond motifs is 1. The highest BCUT2D eigenvalue weighted by molar-refractivity contribution is 6.15. The van der Waals surface area contributed by atoms with Gasteiger partial charge in [-0.3, -0.25) is 4.79 Å². The van der Waals surface area contributed by atoms with Crippen LogP contribution < -0.4 is 0 Å². The molecule has 0 unspecified atom stereocenters. The van der Waals surface area contributed by atoms with E-state index >= 15 is 0 Å². The molecule has 4 nitrogen and oxygen atoms in total. The summed E-state index contributed by atoms with van der Waals surface area (Å²) in [7, 11) is 0. The van der Waals surface area contributed by atoms with Gasteiger partial charge in [-0.2, -0.15) is 0 Å². The van der Waals surface area contributed by atoms with Gasteiger partial charge < -0.3 is 4.74 Å². The number of rotatable bonds is 4. The molecular weight excluding hydrogens is 386 g/mol. The van der Waals surface area contributed by atoms with E-state index in [0.717, 1.165) is 32.4 Å². The van der Waals surface area contributed by atoms with Gasteiger partial charge in [-0.15, -0.1) is 0 Å². The molecule has 0 spiro atoms. The second-order valence-electron chi connectivity index (χ2n) is 7.34. The Labute approximate surface area is 180 Å². The van der Waals surface area contributed by atoms with Crippen molar-refractivity contribution in [1.82, 2.24) is 4.90 Å². The van der Waals surface area contributed by atoms with Crippen LogP contribution in [0.3, 0.4) is 0 Å². The number of cyclic esters (lactones) is 1. The quantitative estimate of drug-likeness (QED) is 0.405. The number of amides is 2. The average Bonchev–Trinajstić information content (AvgIpc) is 3.09. The van der Waals surface area contributed by atoms with E-state index in [0.29, 0.717) is 5.57 Å². The summed E-state index contributed by atoms with van der Waals surface area (Å²) in [5, 5.41) is 2.04. The van der Waals surface area contributed by atoms with Gasteiger partial charge in [-0.1, -0.05) is 103 Å². The smallest absolute Gasteiger partial charge is 0.403 e. The summed E-state index contributed by atoms with van der Waals surface area (Å²) in [6.45, 7) is 0.166. The van der Waals surface area contributed by atoms with Gasteiger partial charge in [0.1, 0.15) is 0 Å². The zero-order valence-electron chi connectivity index (χ0n) is 16.7. The third-order valence-corrected chi connectivity index (χ3v) is 5.38. The fourth-order valence-corrected chi connectivity index (χ4v) is 3.91. The number of benzene rings is 4. The lowest BCUT2D eigenvalue weighted by Gasteiger charge is -2.13. The molecule has 150 valence electrons. The monoisotopic (exact) mass is 405 g/mol. The van der Waals surface area contributed by atoms with Crippen LogP contribution in [0.25, 0.3) is 16.3 Å². The van der Waals surface area contributed by atoms with Crippen LogP contribution in [-0.2, 0) is 16.1 Å². The van der Waals surface area contributed by atoms with Gasteiger partial charge in [0.2, 0.25) is 5.76 Å². The van der Waals surface area contributed by atoms with Gasteiger partial charge in [0.15, 0.2) is 0 Å². The van der Waals surface area contributed by atoms with Crippen LogP contribution in [0.5, 0.6) is 0 Å². The van der Waals surface area contributed by atoms with Crippen LogP contribution >= 0.6 is 0 Å². The summed E-state index contributed by atoms with van der Waals surface area (Å²) >= 11 is 0. The molecule has 1 aliphatic heterocycles. The molecule has 1 fully saturated rings. The van der Waals surface area contributed by atoms with E-state index in [-0.39, 0.29) is 12.3 Å².